The molecular formula is C15H20N2O3. The Morgan fingerprint density at radius 2 is 2.15 bits per heavy atom. The minimum atomic E-state index is -0.478. The number of hydrogen-bond donors (Lipinski definition) is 1. The maximum Gasteiger partial charge on any atom is 0.267 e. The van der Waals surface area contributed by atoms with Crippen molar-refractivity contribution in [3.8, 4) is 5.75 Å². The number of carbonyl (C=O) groups excluding carboxylic acids is 2. The first kappa shape index (κ1) is 14.4. The van der Waals surface area contributed by atoms with Gasteiger partial charge in [0.15, 0.2) is 6.10 Å². The van der Waals surface area contributed by atoms with Gasteiger partial charge in [-0.1, -0.05) is 13.8 Å². The van der Waals surface area contributed by atoms with Gasteiger partial charge in [0.05, 0.1) is 5.69 Å². The number of ether oxygens (including phenoxy) is 1. The second-order valence-electron chi connectivity index (χ2n) is 5.49. The molecule has 1 aliphatic heterocycles. The maximum atomic E-state index is 11.9. The van der Waals surface area contributed by atoms with Crippen molar-refractivity contribution < 1.29 is 14.3 Å². The molecule has 1 unspecified atom stereocenters. The standard InChI is InChI=1S/C15H20N2O3/c1-9(2)7-14(18)16-11-5-6-13-12(8-11)17(4)15(19)10(3)20-13/h5-6,8-10H,7H2,1-4H3,(H,16,18). The summed E-state index contributed by atoms with van der Waals surface area (Å²) in [7, 11) is 1.71. The molecule has 1 aromatic carbocycles. The lowest BCUT2D eigenvalue weighted by Gasteiger charge is -2.30. The van der Waals surface area contributed by atoms with Gasteiger partial charge in [0.1, 0.15) is 5.75 Å². The molecule has 1 aromatic rings. The van der Waals surface area contributed by atoms with Crippen LogP contribution in [0.5, 0.6) is 5.75 Å². The van der Waals surface area contributed by atoms with E-state index >= 15 is 0 Å². The van der Waals surface area contributed by atoms with Gasteiger partial charge in [-0.2, -0.15) is 0 Å². The molecular weight excluding hydrogens is 256 g/mol. The van der Waals surface area contributed by atoms with Gasteiger partial charge in [0.25, 0.3) is 5.91 Å². The van der Waals surface area contributed by atoms with Gasteiger partial charge in [0, 0.05) is 19.2 Å². The van der Waals surface area contributed by atoms with Crippen LogP contribution in [0.3, 0.4) is 0 Å². The molecule has 108 valence electrons. The summed E-state index contributed by atoms with van der Waals surface area (Å²) in [6.45, 7) is 5.71. The van der Waals surface area contributed by atoms with E-state index in [0.717, 1.165) is 0 Å². The Labute approximate surface area is 118 Å². The van der Waals surface area contributed by atoms with Crippen molar-refractivity contribution in [1.82, 2.24) is 0 Å². The predicted molar refractivity (Wildman–Crippen MR) is 78.0 cm³/mol. The lowest BCUT2D eigenvalue weighted by molar-refractivity contribution is -0.125. The van der Waals surface area contributed by atoms with Crippen molar-refractivity contribution >= 4 is 23.2 Å². The first-order valence-corrected chi connectivity index (χ1v) is 6.76. The molecule has 0 aliphatic carbocycles. The Balaban J connectivity index is 2.19. The zero-order chi connectivity index (χ0) is 14.9. The lowest BCUT2D eigenvalue weighted by Crippen LogP contribution is -2.41. The highest BCUT2D eigenvalue weighted by Crippen LogP contribution is 2.35. The minimum absolute atomic E-state index is 0.0287. The number of fused-ring (bicyclic) bond motifs is 1. The van der Waals surface area contributed by atoms with Crippen molar-refractivity contribution in [3.63, 3.8) is 0 Å². The summed E-state index contributed by atoms with van der Waals surface area (Å²) in [6, 6.07) is 5.32. The third-order valence-electron chi connectivity index (χ3n) is 3.18. The summed E-state index contributed by atoms with van der Waals surface area (Å²) in [5.74, 6) is 0.838. The molecule has 1 aliphatic rings. The predicted octanol–water partition coefficient (Wildman–Crippen LogP) is 2.41. The van der Waals surface area contributed by atoms with E-state index < -0.39 is 6.10 Å². The molecule has 0 fully saturated rings. The highest BCUT2D eigenvalue weighted by molar-refractivity contribution is 6.00. The number of rotatable bonds is 3. The van der Waals surface area contributed by atoms with E-state index in [-0.39, 0.29) is 11.8 Å². The highest BCUT2D eigenvalue weighted by atomic mass is 16.5. The molecule has 1 atom stereocenters. The van der Waals surface area contributed by atoms with Gasteiger partial charge < -0.3 is 15.0 Å². The summed E-state index contributed by atoms with van der Waals surface area (Å²) in [5, 5.41) is 2.84. The fourth-order valence-corrected chi connectivity index (χ4v) is 2.17. The molecule has 1 N–H and O–H groups in total. The largest absolute Gasteiger partial charge is 0.479 e. The van der Waals surface area contributed by atoms with Crippen molar-refractivity contribution in [2.45, 2.75) is 33.3 Å². The molecule has 2 rings (SSSR count). The zero-order valence-corrected chi connectivity index (χ0v) is 12.3. The molecule has 5 nitrogen and oxygen atoms in total. The average molecular weight is 276 g/mol. The third-order valence-corrected chi connectivity index (χ3v) is 3.18. The van der Waals surface area contributed by atoms with Gasteiger partial charge in [-0.25, -0.2) is 0 Å². The minimum Gasteiger partial charge on any atom is -0.479 e. The number of benzene rings is 1. The molecule has 0 bridgehead atoms. The summed E-state index contributed by atoms with van der Waals surface area (Å²) in [6.07, 6.45) is -0.00627. The second-order valence-corrected chi connectivity index (χ2v) is 5.49. The molecule has 5 heteroatoms. The van der Waals surface area contributed by atoms with Crippen molar-refractivity contribution in [2.24, 2.45) is 5.92 Å². The van der Waals surface area contributed by atoms with Crippen LogP contribution in [0.15, 0.2) is 18.2 Å². The van der Waals surface area contributed by atoms with Gasteiger partial charge in [-0.15, -0.1) is 0 Å². The first-order chi connectivity index (χ1) is 9.38. The lowest BCUT2D eigenvalue weighted by atomic mass is 10.1. The molecule has 0 radical (unpaired) electrons. The molecule has 0 spiro atoms. The number of nitrogens with one attached hydrogen (secondary N) is 1. The number of amides is 2. The highest BCUT2D eigenvalue weighted by Gasteiger charge is 2.28. The Bertz CT molecular complexity index is 540. The molecule has 0 aromatic heterocycles. The SMILES string of the molecule is CC(C)CC(=O)Nc1ccc2c(c1)N(C)C(=O)C(C)O2. The summed E-state index contributed by atoms with van der Waals surface area (Å²) in [4.78, 5) is 25.2. The van der Waals surface area contributed by atoms with Crippen LogP contribution in [0.4, 0.5) is 11.4 Å². The number of nitrogens with zero attached hydrogens (tertiary/aromatic N) is 1. The van der Waals surface area contributed by atoms with Crippen LogP contribution in [-0.2, 0) is 9.59 Å². The first-order valence-electron chi connectivity index (χ1n) is 6.76. The van der Waals surface area contributed by atoms with Gasteiger partial charge in [-0.05, 0) is 31.0 Å². The second kappa shape index (κ2) is 5.53. The normalized spacial score (nSPS) is 17.8. The third kappa shape index (κ3) is 2.92. The summed E-state index contributed by atoms with van der Waals surface area (Å²) in [5.41, 5.74) is 1.35. The van der Waals surface area contributed by atoms with E-state index in [0.29, 0.717) is 29.5 Å². The van der Waals surface area contributed by atoms with E-state index in [2.05, 4.69) is 5.32 Å². The van der Waals surface area contributed by atoms with Crippen LogP contribution in [-0.4, -0.2) is 25.0 Å². The maximum absolute atomic E-state index is 11.9. The van der Waals surface area contributed by atoms with Crippen LogP contribution >= 0.6 is 0 Å². The topological polar surface area (TPSA) is 58.6 Å². The average Bonchev–Trinajstić information content (AvgIpc) is 2.36. The molecule has 0 saturated heterocycles. The monoisotopic (exact) mass is 276 g/mol. The number of carbonyl (C=O) groups is 2. The fraction of sp³-hybridized carbons (Fsp3) is 0.467. The quantitative estimate of drug-likeness (QED) is 0.922. The smallest absolute Gasteiger partial charge is 0.267 e. The van der Waals surface area contributed by atoms with E-state index in [1.54, 1.807) is 37.1 Å². The van der Waals surface area contributed by atoms with Crippen LogP contribution in [0.2, 0.25) is 0 Å². The zero-order valence-electron chi connectivity index (χ0n) is 12.3. The summed E-state index contributed by atoms with van der Waals surface area (Å²) >= 11 is 0. The van der Waals surface area contributed by atoms with E-state index in [9.17, 15) is 9.59 Å². The van der Waals surface area contributed by atoms with Gasteiger partial charge in [0.2, 0.25) is 5.91 Å². The Morgan fingerprint density at radius 3 is 2.80 bits per heavy atom. The van der Waals surface area contributed by atoms with Crippen LogP contribution in [0, 0.1) is 5.92 Å². The molecule has 20 heavy (non-hydrogen) atoms. The Kier molecular flexibility index (Phi) is 3.97. The van der Waals surface area contributed by atoms with E-state index in [4.69, 9.17) is 4.74 Å². The fourth-order valence-electron chi connectivity index (χ4n) is 2.17. The molecule has 1 heterocycles. The molecule has 2 amide bonds. The Morgan fingerprint density at radius 1 is 1.45 bits per heavy atom. The van der Waals surface area contributed by atoms with E-state index in [1.165, 1.54) is 0 Å². The van der Waals surface area contributed by atoms with Gasteiger partial charge >= 0.3 is 0 Å². The van der Waals surface area contributed by atoms with Crippen LogP contribution in [0.25, 0.3) is 0 Å². The van der Waals surface area contributed by atoms with Crippen LogP contribution < -0.4 is 15.0 Å². The summed E-state index contributed by atoms with van der Waals surface area (Å²) < 4.78 is 5.54. The van der Waals surface area contributed by atoms with Crippen molar-refractivity contribution in [2.75, 3.05) is 17.3 Å². The number of hydrogen-bond acceptors (Lipinski definition) is 3. The number of anilines is 2. The van der Waals surface area contributed by atoms with Gasteiger partial charge in [-0.3, -0.25) is 9.59 Å². The molecule has 0 saturated carbocycles. The van der Waals surface area contributed by atoms with Crippen LogP contribution in [0.1, 0.15) is 27.2 Å². The van der Waals surface area contributed by atoms with Crippen molar-refractivity contribution in [1.29, 1.82) is 0 Å². The van der Waals surface area contributed by atoms with E-state index in [1.807, 2.05) is 13.8 Å². The van der Waals surface area contributed by atoms with Crippen molar-refractivity contribution in [3.05, 3.63) is 18.2 Å². The number of likely N-dealkylation sites (N-methyl/N-ethyl adjacent to an activating group) is 1. The Hall–Kier alpha value is -2.04.